The molecular weight excluding hydrogens is 1420 g/mol. The van der Waals surface area contributed by atoms with Gasteiger partial charge in [0.2, 0.25) is 0 Å². The molecule has 0 amide bonds. The molecule has 0 aromatic heterocycles. The molecular formula is C94H140O18. The van der Waals surface area contributed by atoms with E-state index in [1.807, 2.05) is 187 Å². The second kappa shape index (κ2) is 56.0. The van der Waals surface area contributed by atoms with Crippen molar-refractivity contribution in [2.75, 3.05) is 79.3 Å². The van der Waals surface area contributed by atoms with Crippen LogP contribution >= 0.6 is 0 Å². The zero-order valence-electron chi connectivity index (χ0n) is 70.2. The SMILES string of the molecule is CCCC1CCOC(c2ccc(OCC)cc2)O1.CCCCC1CCOC(c2ccc(OCC)cc2)O1.CCCCCC1CCOC(c2ccc(OCC)cc2)O1.CCCCCCCC1CCOC(c2ccc(OCC)cc2)O1.CCOc1ccc(C2OCCC(C)O2)cc1.CCOc1ccc(C2OCCC(CC)O2)cc1. The highest BCUT2D eigenvalue weighted by atomic mass is 16.7. The van der Waals surface area contributed by atoms with Gasteiger partial charge in [0.05, 0.1) is 116 Å². The summed E-state index contributed by atoms with van der Waals surface area (Å²) in [5, 5.41) is 0. The topological polar surface area (TPSA) is 166 Å². The number of unbranched alkanes of at least 4 members (excludes halogenated alkanes) is 7. The molecule has 6 fully saturated rings. The Bertz CT molecular complexity index is 3270. The molecule has 0 bridgehead atoms. The molecule has 0 N–H and O–H groups in total. The highest BCUT2D eigenvalue weighted by Crippen LogP contribution is 2.36. The number of rotatable bonds is 34. The van der Waals surface area contributed by atoms with Crippen molar-refractivity contribution in [3.63, 3.8) is 0 Å². The molecule has 0 aliphatic carbocycles. The molecule has 0 saturated carbocycles. The van der Waals surface area contributed by atoms with E-state index in [2.05, 4.69) is 41.5 Å². The summed E-state index contributed by atoms with van der Waals surface area (Å²) in [5.74, 6) is 5.35. The Morgan fingerprint density at radius 1 is 0.232 bits per heavy atom. The summed E-state index contributed by atoms with van der Waals surface area (Å²) < 4.78 is 102. The van der Waals surface area contributed by atoms with Crippen LogP contribution in [0.3, 0.4) is 0 Å². The third kappa shape index (κ3) is 35.0. The maximum atomic E-state index is 6.12. The van der Waals surface area contributed by atoms with Gasteiger partial charge in [-0.15, -0.1) is 0 Å². The first-order valence-corrected chi connectivity index (χ1v) is 42.9. The van der Waals surface area contributed by atoms with Crippen LogP contribution in [0.15, 0.2) is 146 Å². The summed E-state index contributed by atoms with van der Waals surface area (Å²) in [5.41, 5.74) is 6.42. The van der Waals surface area contributed by atoms with Gasteiger partial charge < -0.3 is 85.3 Å². The summed E-state index contributed by atoms with van der Waals surface area (Å²) in [6.07, 6.45) is 26.2. The molecule has 6 aliphatic rings. The van der Waals surface area contributed by atoms with Crippen LogP contribution in [0.4, 0.5) is 0 Å². The molecule has 18 nitrogen and oxygen atoms in total. The minimum Gasteiger partial charge on any atom is -0.494 e. The lowest BCUT2D eigenvalue weighted by Gasteiger charge is -2.30. The summed E-state index contributed by atoms with van der Waals surface area (Å²) >= 11 is 0. The fourth-order valence-electron chi connectivity index (χ4n) is 13.5. The lowest BCUT2D eigenvalue weighted by molar-refractivity contribution is -0.218. The molecule has 6 saturated heterocycles. The quantitative estimate of drug-likeness (QED) is 0.0350. The van der Waals surface area contributed by atoms with Gasteiger partial charge >= 0.3 is 0 Å². The summed E-state index contributed by atoms with van der Waals surface area (Å²) in [7, 11) is 0. The molecule has 12 rings (SSSR count). The van der Waals surface area contributed by atoms with Gasteiger partial charge in [0, 0.05) is 33.4 Å². The average molecular weight is 1560 g/mol. The molecule has 6 heterocycles. The highest BCUT2D eigenvalue weighted by molar-refractivity contribution is 5.32. The lowest BCUT2D eigenvalue weighted by atomic mass is 10.1. The average Bonchev–Trinajstić information content (AvgIpc) is 0.883. The Hall–Kier alpha value is -6.36. The maximum absolute atomic E-state index is 6.12. The van der Waals surface area contributed by atoms with E-state index in [1.165, 1.54) is 64.2 Å². The molecule has 0 radical (unpaired) electrons. The van der Waals surface area contributed by atoms with E-state index in [9.17, 15) is 0 Å². The van der Waals surface area contributed by atoms with E-state index in [0.29, 0.717) is 70.2 Å². The van der Waals surface area contributed by atoms with E-state index in [0.717, 1.165) is 185 Å². The molecule has 18 heteroatoms. The first-order chi connectivity index (χ1) is 54.9. The standard InChI is InChI=1S/C19H30O3.C17H26O3.C16H24O3.C15H22O3.C14H20O3.C13H18O3/c1-3-5-6-7-8-9-18-14-15-21-19(22-18)16-10-12-17(13-11-16)20-4-2;1-3-5-6-7-16-12-13-19-17(20-16)14-8-10-15(11-9-14)18-4-2;1-3-5-6-15-11-12-18-16(19-15)13-7-9-14(10-8-13)17-4-2;1-3-5-14-10-11-17-15(18-14)12-6-8-13(9-7-12)16-4-2;1-3-12-9-10-16-14(17-12)11-5-7-13(8-6-11)15-4-2;1-3-14-12-6-4-11(5-7-12)13-15-9-8-10(2)16-13/h10-13,18-19H,3-9,14-15H2,1-2H3;8-11,16-17H,3-7,12-13H2,1-2H3;7-10,15-16H,3-6,11-12H2,1-2H3;6-9,14-15H,3-5,10-11H2,1-2H3;5-8,12,14H,3-4,9-10H2,1-2H3;4-7,10,13H,3,8-9H2,1-2H3. The third-order valence-electron chi connectivity index (χ3n) is 19.8. The Morgan fingerprint density at radius 2 is 0.455 bits per heavy atom. The van der Waals surface area contributed by atoms with Gasteiger partial charge in [-0.05, 0) is 192 Å². The third-order valence-corrected chi connectivity index (χ3v) is 19.8. The largest absolute Gasteiger partial charge is 0.494 e. The second-order valence-corrected chi connectivity index (χ2v) is 28.7. The Morgan fingerprint density at radius 3 is 0.714 bits per heavy atom. The molecule has 12 unspecified atom stereocenters. The maximum Gasteiger partial charge on any atom is 0.184 e. The summed E-state index contributed by atoms with van der Waals surface area (Å²) in [4.78, 5) is 0. The first-order valence-electron chi connectivity index (χ1n) is 42.9. The van der Waals surface area contributed by atoms with Crippen molar-refractivity contribution in [1.29, 1.82) is 0 Å². The van der Waals surface area contributed by atoms with Crippen molar-refractivity contribution >= 4 is 0 Å². The fraction of sp³-hybridized carbons (Fsp3) is 0.617. The fourth-order valence-corrected chi connectivity index (χ4v) is 13.5. The highest BCUT2D eigenvalue weighted by Gasteiger charge is 2.29. The molecule has 112 heavy (non-hydrogen) atoms. The lowest BCUT2D eigenvalue weighted by Crippen LogP contribution is -2.27. The van der Waals surface area contributed by atoms with E-state index in [4.69, 9.17) is 85.3 Å². The van der Waals surface area contributed by atoms with Gasteiger partial charge in [0.1, 0.15) is 34.5 Å². The van der Waals surface area contributed by atoms with Crippen LogP contribution in [0.2, 0.25) is 0 Å². The van der Waals surface area contributed by atoms with Crippen LogP contribution in [0.1, 0.15) is 295 Å². The van der Waals surface area contributed by atoms with E-state index in [1.54, 1.807) is 0 Å². The molecule has 6 aromatic rings. The van der Waals surface area contributed by atoms with Gasteiger partial charge in [0.25, 0.3) is 0 Å². The second-order valence-electron chi connectivity index (χ2n) is 28.7. The predicted octanol–water partition coefficient (Wildman–Crippen LogP) is 23.7. The molecule has 624 valence electrons. The zero-order chi connectivity index (χ0) is 79.6. The number of ether oxygens (including phenoxy) is 18. The molecule has 6 aromatic carbocycles. The van der Waals surface area contributed by atoms with Gasteiger partial charge in [-0.1, -0.05) is 178 Å². The normalized spacial score (nSPS) is 23.5. The van der Waals surface area contributed by atoms with Crippen LogP contribution in [0.5, 0.6) is 34.5 Å². The van der Waals surface area contributed by atoms with Gasteiger partial charge in [-0.2, -0.15) is 0 Å². The zero-order valence-corrected chi connectivity index (χ0v) is 70.2. The molecule has 0 spiro atoms. The van der Waals surface area contributed by atoms with Crippen LogP contribution in [-0.4, -0.2) is 116 Å². The van der Waals surface area contributed by atoms with E-state index < -0.39 is 0 Å². The van der Waals surface area contributed by atoms with Crippen LogP contribution in [0.25, 0.3) is 0 Å². The predicted molar refractivity (Wildman–Crippen MR) is 443 cm³/mol. The Balaban J connectivity index is 0.000000187. The summed E-state index contributed by atoms with van der Waals surface area (Å²) in [6.45, 7) is 33.8. The molecule has 12 atom stereocenters. The van der Waals surface area contributed by atoms with Crippen molar-refractivity contribution in [3.05, 3.63) is 179 Å². The number of benzene rings is 6. The molecule has 6 aliphatic heterocycles. The van der Waals surface area contributed by atoms with Crippen molar-refractivity contribution in [3.8, 4) is 34.5 Å². The Labute approximate surface area is 673 Å². The van der Waals surface area contributed by atoms with Crippen molar-refractivity contribution in [1.82, 2.24) is 0 Å². The smallest absolute Gasteiger partial charge is 0.184 e. The van der Waals surface area contributed by atoms with Gasteiger partial charge in [-0.25, -0.2) is 0 Å². The number of hydrogen-bond acceptors (Lipinski definition) is 18. The van der Waals surface area contributed by atoms with Crippen molar-refractivity contribution in [2.24, 2.45) is 0 Å². The number of hydrogen-bond donors (Lipinski definition) is 0. The van der Waals surface area contributed by atoms with E-state index >= 15 is 0 Å². The van der Waals surface area contributed by atoms with Gasteiger partial charge in [-0.3, -0.25) is 0 Å². The van der Waals surface area contributed by atoms with E-state index in [-0.39, 0.29) is 43.8 Å². The van der Waals surface area contributed by atoms with Crippen LogP contribution in [0, 0.1) is 0 Å². The van der Waals surface area contributed by atoms with Gasteiger partial charge in [0.15, 0.2) is 37.7 Å². The van der Waals surface area contributed by atoms with Crippen LogP contribution < -0.4 is 28.4 Å². The first kappa shape index (κ1) is 92.8. The minimum atomic E-state index is -0.223. The Kier molecular flexibility index (Phi) is 46.4. The minimum absolute atomic E-state index is 0.216. The van der Waals surface area contributed by atoms with Crippen molar-refractivity contribution < 1.29 is 85.3 Å². The van der Waals surface area contributed by atoms with Crippen LogP contribution in [-0.2, 0) is 56.8 Å². The monoisotopic (exact) mass is 1560 g/mol. The van der Waals surface area contributed by atoms with Crippen molar-refractivity contribution in [2.45, 2.75) is 299 Å². The summed E-state index contributed by atoms with van der Waals surface area (Å²) in [6, 6.07) is 47.9.